The van der Waals surface area contributed by atoms with Gasteiger partial charge in [0.15, 0.2) is 5.60 Å². The Morgan fingerprint density at radius 3 is 2.33 bits per heavy atom. The Morgan fingerprint density at radius 2 is 1.77 bits per heavy atom. The molecule has 7 heteroatoms. The minimum atomic E-state index is -1.95. The fourth-order valence-electron chi connectivity index (χ4n) is 3.63. The molecular weight excluding hydrogens is 425 g/mol. The van der Waals surface area contributed by atoms with Gasteiger partial charge in [-0.15, -0.1) is 0 Å². The van der Waals surface area contributed by atoms with Gasteiger partial charge in [0.25, 0.3) is 5.91 Å². The van der Waals surface area contributed by atoms with Gasteiger partial charge in [-0.1, -0.05) is 62.2 Å². The molecule has 5 nitrogen and oxygen atoms in total. The highest BCUT2D eigenvalue weighted by atomic mass is 35.5. The molecule has 1 amide bonds. The average molecular weight is 450 g/mol. The van der Waals surface area contributed by atoms with Crippen molar-refractivity contribution >= 4 is 40.6 Å². The van der Waals surface area contributed by atoms with Gasteiger partial charge in [-0.05, 0) is 36.1 Å². The Kier molecular flexibility index (Phi) is 6.19. The number of ketones is 1. The number of fused-ring (bicyclic) bond motifs is 1. The lowest BCUT2D eigenvalue weighted by Gasteiger charge is -2.22. The number of rotatable bonds is 6. The Labute approximate surface area is 186 Å². The van der Waals surface area contributed by atoms with Gasteiger partial charge in [-0.25, -0.2) is 0 Å². The third-order valence-electron chi connectivity index (χ3n) is 5.19. The van der Waals surface area contributed by atoms with Crippen molar-refractivity contribution in [3.05, 3.63) is 57.6 Å². The Balaban J connectivity index is 1.80. The molecule has 0 radical (unpaired) electrons. The summed E-state index contributed by atoms with van der Waals surface area (Å²) in [6.45, 7) is 8.06. The zero-order valence-corrected chi connectivity index (χ0v) is 19.0. The summed E-state index contributed by atoms with van der Waals surface area (Å²) in [5.74, 6) is -0.241. The van der Waals surface area contributed by atoms with E-state index in [1.54, 1.807) is 0 Å². The van der Waals surface area contributed by atoms with Crippen molar-refractivity contribution < 1.29 is 19.4 Å². The van der Waals surface area contributed by atoms with Crippen LogP contribution in [0.25, 0.3) is 0 Å². The van der Waals surface area contributed by atoms with E-state index in [4.69, 9.17) is 27.9 Å². The van der Waals surface area contributed by atoms with Crippen LogP contribution in [0.1, 0.15) is 45.2 Å². The van der Waals surface area contributed by atoms with Gasteiger partial charge in [0.2, 0.25) is 0 Å². The highest BCUT2D eigenvalue weighted by Crippen LogP contribution is 2.48. The van der Waals surface area contributed by atoms with Crippen LogP contribution in [-0.4, -0.2) is 29.9 Å². The monoisotopic (exact) mass is 449 g/mol. The Hall–Kier alpha value is -2.08. The lowest BCUT2D eigenvalue weighted by molar-refractivity contribution is -0.141. The summed E-state index contributed by atoms with van der Waals surface area (Å²) in [5.41, 5.74) is -0.115. The first-order valence-electron chi connectivity index (χ1n) is 9.71. The van der Waals surface area contributed by atoms with Crippen molar-refractivity contribution in [2.75, 3.05) is 18.1 Å². The summed E-state index contributed by atoms with van der Waals surface area (Å²) in [7, 11) is 0. The van der Waals surface area contributed by atoms with Crippen molar-refractivity contribution in [2.24, 2.45) is 0 Å². The number of ether oxygens (including phenoxy) is 1. The highest BCUT2D eigenvalue weighted by Gasteiger charge is 2.51. The maximum atomic E-state index is 13.0. The van der Waals surface area contributed by atoms with Gasteiger partial charge in [0.05, 0.1) is 22.3 Å². The van der Waals surface area contributed by atoms with Crippen LogP contribution in [0.3, 0.4) is 0 Å². The average Bonchev–Trinajstić information content (AvgIpc) is 2.86. The van der Waals surface area contributed by atoms with E-state index in [0.29, 0.717) is 11.4 Å². The summed E-state index contributed by atoms with van der Waals surface area (Å²) >= 11 is 12.5. The lowest BCUT2D eigenvalue weighted by Crippen LogP contribution is -2.43. The molecule has 3 rings (SSSR count). The summed E-state index contributed by atoms with van der Waals surface area (Å²) in [6.07, 6.45) is -0.331. The lowest BCUT2D eigenvalue weighted by atomic mass is 9.87. The van der Waals surface area contributed by atoms with E-state index in [9.17, 15) is 14.7 Å². The molecule has 0 aromatic heterocycles. The fourth-order valence-corrected chi connectivity index (χ4v) is 4.05. The van der Waals surface area contributed by atoms with Crippen LogP contribution in [0.5, 0.6) is 5.75 Å². The minimum absolute atomic E-state index is 0.0431. The predicted molar refractivity (Wildman–Crippen MR) is 119 cm³/mol. The molecule has 1 N–H and O–H groups in total. The first kappa shape index (κ1) is 22.6. The number of nitrogens with zero attached hydrogens (tertiary/aromatic N) is 1. The van der Waals surface area contributed by atoms with Gasteiger partial charge in [-0.2, -0.15) is 0 Å². The van der Waals surface area contributed by atoms with Gasteiger partial charge in [0.1, 0.15) is 18.1 Å². The van der Waals surface area contributed by atoms with E-state index < -0.39 is 11.5 Å². The maximum absolute atomic E-state index is 13.0. The predicted octanol–water partition coefficient (Wildman–Crippen LogP) is 4.88. The zero-order valence-electron chi connectivity index (χ0n) is 17.5. The number of aliphatic hydroxyl groups is 1. The number of hydrogen-bond donors (Lipinski definition) is 1. The number of amides is 1. The van der Waals surface area contributed by atoms with Crippen LogP contribution in [0.15, 0.2) is 36.4 Å². The third-order valence-corrected chi connectivity index (χ3v) is 5.99. The van der Waals surface area contributed by atoms with Gasteiger partial charge in [-0.3, -0.25) is 9.59 Å². The summed E-state index contributed by atoms with van der Waals surface area (Å²) in [6, 6.07) is 10.8. The standard InChI is InChI=1S/C23H25Cl2NO4/c1-14(27)13-23(29)17-9-10-18(24)19(25)20(17)26(21(23)28)11-12-30-16-7-5-15(6-8-16)22(2,3)4/h5-10,29H,11-13H2,1-4H3. The minimum Gasteiger partial charge on any atom is -0.492 e. The topological polar surface area (TPSA) is 66.8 Å². The number of benzene rings is 2. The van der Waals surface area contributed by atoms with Crippen molar-refractivity contribution in [1.82, 2.24) is 0 Å². The number of anilines is 1. The smallest absolute Gasteiger partial charge is 0.264 e. The molecule has 160 valence electrons. The molecule has 1 aliphatic rings. The Bertz CT molecular complexity index is 982. The SMILES string of the molecule is CC(=O)CC1(O)C(=O)N(CCOc2ccc(C(C)(C)C)cc2)c2c1ccc(Cl)c2Cl. The molecule has 0 spiro atoms. The van der Waals surface area contributed by atoms with Crippen molar-refractivity contribution in [1.29, 1.82) is 0 Å². The molecule has 1 atom stereocenters. The molecule has 1 heterocycles. The van der Waals surface area contributed by atoms with E-state index in [1.165, 1.54) is 29.5 Å². The molecule has 0 bridgehead atoms. The normalized spacial score (nSPS) is 18.5. The molecule has 2 aromatic rings. The largest absolute Gasteiger partial charge is 0.492 e. The quantitative estimate of drug-likeness (QED) is 0.681. The van der Waals surface area contributed by atoms with Crippen LogP contribution in [0.2, 0.25) is 10.0 Å². The molecule has 1 unspecified atom stereocenters. The van der Waals surface area contributed by atoms with Crippen molar-refractivity contribution in [3.63, 3.8) is 0 Å². The van der Waals surface area contributed by atoms with Gasteiger partial charge in [0, 0.05) is 12.0 Å². The van der Waals surface area contributed by atoms with Crippen molar-refractivity contribution in [2.45, 2.75) is 45.1 Å². The number of Topliss-reactive ketones (excluding diaryl/α,β-unsaturated/α-hetero) is 1. The molecule has 2 aromatic carbocycles. The van der Waals surface area contributed by atoms with E-state index in [0.717, 1.165) is 0 Å². The van der Waals surface area contributed by atoms with Crippen LogP contribution in [0.4, 0.5) is 5.69 Å². The number of hydrogen-bond acceptors (Lipinski definition) is 4. The maximum Gasteiger partial charge on any atom is 0.264 e. The number of halogens is 2. The van der Waals surface area contributed by atoms with E-state index >= 15 is 0 Å². The van der Waals surface area contributed by atoms with Gasteiger partial charge >= 0.3 is 0 Å². The summed E-state index contributed by atoms with van der Waals surface area (Å²) < 4.78 is 5.80. The molecule has 0 fully saturated rings. The second-order valence-corrected chi connectivity index (χ2v) is 9.36. The van der Waals surface area contributed by atoms with Crippen LogP contribution in [0, 0.1) is 0 Å². The van der Waals surface area contributed by atoms with Crippen LogP contribution in [-0.2, 0) is 20.6 Å². The molecule has 0 aliphatic carbocycles. The van der Waals surface area contributed by atoms with Crippen LogP contribution < -0.4 is 9.64 Å². The third kappa shape index (κ3) is 4.20. The molecule has 0 saturated carbocycles. The van der Waals surface area contributed by atoms with E-state index in [1.807, 2.05) is 24.3 Å². The molecule has 1 aliphatic heterocycles. The molecule has 30 heavy (non-hydrogen) atoms. The summed E-state index contributed by atoms with van der Waals surface area (Å²) in [5, 5.41) is 11.5. The van der Waals surface area contributed by atoms with Crippen molar-refractivity contribution in [3.8, 4) is 5.75 Å². The first-order chi connectivity index (χ1) is 13.9. The van der Waals surface area contributed by atoms with Gasteiger partial charge < -0.3 is 14.7 Å². The first-order valence-corrected chi connectivity index (χ1v) is 10.5. The Morgan fingerprint density at radius 1 is 1.13 bits per heavy atom. The molecular formula is C23H25Cl2NO4. The summed E-state index contributed by atoms with van der Waals surface area (Å²) in [4.78, 5) is 26.1. The molecule has 0 saturated heterocycles. The number of carbonyl (C=O) groups is 2. The highest BCUT2D eigenvalue weighted by molar-refractivity contribution is 6.44. The van der Waals surface area contributed by atoms with Crippen LogP contribution >= 0.6 is 23.2 Å². The van der Waals surface area contributed by atoms with E-state index in [-0.39, 0.29) is 46.4 Å². The zero-order chi connectivity index (χ0) is 22.3. The van der Waals surface area contributed by atoms with E-state index in [2.05, 4.69) is 20.8 Å². The second-order valence-electron chi connectivity index (χ2n) is 8.58. The fraction of sp³-hybridized carbons (Fsp3) is 0.391. The number of carbonyl (C=O) groups excluding carboxylic acids is 2. The second kappa shape index (κ2) is 8.22.